The SMILES string of the molecule is CCC[PH](CCC)(CCC)ON(O[PH](CCC)(CCC)CCC)O[PH](CCC)(CCC)CCC. The van der Waals surface area contributed by atoms with Crippen molar-refractivity contribution in [3.05, 3.63) is 0 Å². The van der Waals surface area contributed by atoms with E-state index in [4.69, 9.17) is 13.9 Å². The summed E-state index contributed by atoms with van der Waals surface area (Å²) in [6, 6.07) is 0. The molecule has 0 spiro atoms. The van der Waals surface area contributed by atoms with Gasteiger partial charge in [0.15, 0.2) is 0 Å². The summed E-state index contributed by atoms with van der Waals surface area (Å²) in [4.78, 5) is 0. The summed E-state index contributed by atoms with van der Waals surface area (Å²) in [5, 5.41) is 1.77. The van der Waals surface area contributed by atoms with E-state index in [1.54, 1.807) is 5.39 Å². The number of rotatable bonds is 24. The first-order chi connectivity index (χ1) is 16.3. The third kappa shape index (κ3) is 12.6. The van der Waals surface area contributed by atoms with Gasteiger partial charge in [-0.15, -0.1) is 0 Å². The average Bonchev–Trinajstić information content (AvgIpc) is 2.75. The number of nitrogens with zero attached hydrogens (tertiary/aromatic N) is 1. The Morgan fingerprint density at radius 1 is 0.324 bits per heavy atom. The molecule has 0 N–H and O–H groups in total. The van der Waals surface area contributed by atoms with Gasteiger partial charge in [-0.3, -0.25) is 0 Å². The third-order valence-corrected chi connectivity index (χ3v) is 21.5. The quantitative estimate of drug-likeness (QED) is 0.0892. The molecule has 0 bridgehead atoms. The van der Waals surface area contributed by atoms with Crippen molar-refractivity contribution in [1.29, 1.82) is 0 Å². The van der Waals surface area contributed by atoms with Crippen LogP contribution in [0.15, 0.2) is 0 Å². The van der Waals surface area contributed by atoms with E-state index in [9.17, 15) is 0 Å². The summed E-state index contributed by atoms with van der Waals surface area (Å²) in [5.74, 6) is 0. The van der Waals surface area contributed by atoms with Crippen LogP contribution in [0.2, 0.25) is 0 Å². The van der Waals surface area contributed by atoms with Crippen molar-refractivity contribution in [3.8, 4) is 0 Å². The first kappa shape index (κ1) is 35.1. The molecule has 0 saturated heterocycles. The minimum atomic E-state index is -1.98. The van der Waals surface area contributed by atoms with Gasteiger partial charge in [0.1, 0.15) is 0 Å². The number of hydrogen-bond acceptors (Lipinski definition) is 4. The molecule has 0 heterocycles. The summed E-state index contributed by atoms with van der Waals surface area (Å²) < 4.78 is 21.4. The fraction of sp³-hybridized carbons (Fsp3) is 1.00. The van der Waals surface area contributed by atoms with Crippen molar-refractivity contribution in [2.75, 3.05) is 55.5 Å². The third-order valence-electron chi connectivity index (χ3n) is 7.16. The molecule has 0 aliphatic heterocycles. The van der Waals surface area contributed by atoms with Gasteiger partial charge in [-0.1, -0.05) is 0 Å². The Morgan fingerprint density at radius 2 is 0.471 bits per heavy atom. The summed E-state index contributed by atoms with van der Waals surface area (Å²) >= 11 is 0. The van der Waals surface area contributed by atoms with Crippen molar-refractivity contribution in [2.45, 2.75) is 120 Å². The van der Waals surface area contributed by atoms with Gasteiger partial charge >= 0.3 is 217 Å². The predicted molar refractivity (Wildman–Crippen MR) is 166 cm³/mol. The maximum absolute atomic E-state index is 7.15. The van der Waals surface area contributed by atoms with Crippen LogP contribution in [0.5, 0.6) is 0 Å². The minimum absolute atomic E-state index is 1.18. The Balaban J connectivity index is 6.41. The van der Waals surface area contributed by atoms with Crippen LogP contribution in [0.3, 0.4) is 0 Å². The van der Waals surface area contributed by atoms with Crippen molar-refractivity contribution in [2.24, 2.45) is 0 Å². The first-order valence-corrected chi connectivity index (χ1v) is 22.8. The second-order valence-corrected chi connectivity index (χ2v) is 22.9. The topological polar surface area (TPSA) is 30.9 Å². The number of hydrogen-bond donors (Lipinski definition) is 0. The van der Waals surface area contributed by atoms with E-state index in [1.807, 2.05) is 0 Å². The van der Waals surface area contributed by atoms with E-state index in [-0.39, 0.29) is 0 Å². The standard InChI is InChI=1S/C27H66NO3P3/c1-10-19-32(20-11-2,21-12-3)29-28(30-33(22-13-4,23-14-5)24-15-6)31-34(25-16-7,26-17-8)27-18-9/h32-34H,10-27H2,1-9H3. The molecule has 0 atom stereocenters. The van der Waals surface area contributed by atoms with Gasteiger partial charge in [-0.05, 0) is 0 Å². The monoisotopic (exact) mass is 545 g/mol. The predicted octanol–water partition coefficient (Wildman–Crippen LogP) is 9.77. The molecule has 0 aromatic rings. The molecular weight excluding hydrogens is 479 g/mol. The molecule has 0 rings (SSSR count). The van der Waals surface area contributed by atoms with E-state index in [1.165, 1.54) is 113 Å². The van der Waals surface area contributed by atoms with Crippen LogP contribution >= 0.6 is 22.5 Å². The van der Waals surface area contributed by atoms with Crippen LogP contribution in [-0.2, 0) is 13.9 Å². The Morgan fingerprint density at radius 3 is 0.588 bits per heavy atom. The Kier molecular flexibility index (Phi) is 20.8. The van der Waals surface area contributed by atoms with Crippen molar-refractivity contribution in [3.63, 3.8) is 0 Å². The molecule has 0 radical (unpaired) electrons. The second kappa shape index (κ2) is 20.1. The molecule has 212 valence electrons. The molecule has 0 saturated carbocycles. The molecular formula is C27H66NO3P3. The first-order valence-electron chi connectivity index (χ1n) is 15.2. The van der Waals surface area contributed by atoms with E-state index in [2.05, 4.69) is 62.3 Å². The van der Waals surface area contributed by atoms with Crippen molar-refractivity contribution >= 4 is 22.5 Å². The molecule has 4 nitrogen and oxygen atoms in total. The van der Waals surface area contributed by atoms with Gasteiger partial charge in [0.25, 0.3) is 0 Å². The van der Waals surface area contributed by atoms with Crippen molar-refractivity contribution < 1.29 is 13.9 Å². The van der Waals surface area contributed by atoms with Gasteiger partial charge in [-0.2, -0.15) is 0 Å². The molecule has 0 fully saturated rings. The second-order valence-electron chi connectivity index (χ2n) is 10.8. The zero-order chi connectivity index (χ0) is 25.9. The van der Waals surface area contributed by atoms with Crippen LogP contribution < -0.4 is 0 Å². The summed E-state index contributed by atoms with van der Waals surface area (Å²) in [6.07, 6.45) is 21.5. The van der Waals surface area contributed by atoms with Crippen LogP contribution in [0, 0.1) is 0 Å². The van der Waals surface area contributed by atoms with E-state index >= 15 is 0 Å². The van der Waals surface area contributed by atoms with Crippen LogP contribution in [0.4, 0.5) is 0 Å². The molecule has 0 aliphatic carbocycles. The Labute approximate surface area is 217 Å². The Bertz CT molecular complexity index is 364. The fourth-order valence-electron chi connectivity index (χ4n) is 6.17. The Hall–Kier alpha value is 1.13. The van der Waals surface area contributed by atoms with Crippen LogP contribution in [-0.4, -0.2) is 60.8 Å². The van der Waals surface area contributed by atoms with Crippen LogP contribution in [0.1, 0.15) is 120 Å². The van der Waals surface area contributed by atoms with Gasteiger partial charge < -0.3 is 0 Å². The van der Waals surface area contributed by atoms with Gasteiger partial charge in [0.05, 0.1) is 0 Å². The summed E-state index contributed by atoms with van der Waals surface area (Å²) in [7, 11) is -5.93. The zero-order valence-corrected chi connectivity index (χ0v) is 27.9. The van der Waals surface area contributed by atoms with E-state index in [0.717, 1.165) is 0 Å². The fourth-order valence-corrected chi connectivity index (χ4v) is 18.8. The van der Waals surface area contributed by atoms with Gasteiger partial charge in [-0.25, -0.2) is 0 Å². The molecule has 7 heteroatoms. The molecule has 0 aromatic heterocycles. The maximum atomic E-state index is 7.15. The molecule has 34 heavy (non-hydrogen) atoms. The average molecular weight is 546 g/mol. The van der Waals surface area contributed by atoms with E-state index < -0.39 is 22.5 Å². The normalized spacial score (nSPS) is 14.6. The van der Waals surface area contributed by atoms with Gasteiger partial charge in [0, 0.05) is 0 Å². The summed E-state index contributed by atoms with van der Waals surface area (Å²) in [5.41, 5.74) is 0. The molecule has 0 aliphatic rings. The molecule has 0 amide bonds. The van der Waals surface area contributed by atoms with E-state index in [0.29, 0.717) is 0 Å². The molecule has 0 unspecified atom stereocenters. The van der Waals surface area contributed by atoms with Gasteiger partial charge in [0.2, 0.25) is 0 Å². The van der Waals surface area contributed by atoms with Crippen molar-refractivity contribution in [1.82, 2.24) is 5.39 Å². The van der Waals surface area contributed by atoms with Crippen LogP contribution in [0.25, 0.3) is 0 Å². The summed E-state index contributed by atoms with van der Waals surface area (Å²) in [6.45, 7) is 20.8. The zero-order valence-electron chi connectivity index (χ0n) is 24.9. The molecule has 0 aromatic carbocycles.